The summed E-state index contributed by atoms with van der Waals surface area (Å²) in [6.45, 7) is 3.92. The smallest absolute Gasteiger partial charge is 0.280 e. The van der Waals surface area contributed by atoms with Crippen LogP contribution < -0.4 is 9.75 Å². The highest BCUT2D eigenvalue weighted by Gasteiger charge is 2.30. The van der Waals surface area contributed by atoms with Gasteiger partial charge in [-0.15, -0.1) is 0 Å². The highest BCUT2D eigenvalue weighted by Crippen LogP contribution is 2.37. The predicted molar refractivity (Wildman–Crippen MR) is 104 cm³/mol. The second kappa shape index (κ2) is 7.40. The van der Waals surface area contributed by atoms with E-state index in [0.717, 1.165) is 0 Å². The monoisotopic (exact) mass is 390 g/mol. The zero-order valence-corrected chi connectivity index (χ0v) is 15.7. The Bertz CT molecular complexity index is 938. The molecule has 1 heterocycles. The Morgan fingerprint density at radius 1 is 1.23 bits per heavy atom. The Labute approximate surface area is 161 Å². The maximum atomic E-state index is 12.8. The summed E-state index contributed by atoms with van der Waals surface area (Å²) in [5, 5.41) is 16.1. The summed E-state index contributed by atoms with van der Waals surface area (Å²) < 4.78 is 5.38. The SMILES string of the molecule is CCOc1cc(C=C2C(=O)N(c3ccccc3Cl)N=C2C)cc(Cl)c1O. The van der Waals surface area contributed by atoms with Gasteiger partial charge in [0.1, 0.15) is 0 Å². The Kier molecular flexibility index (Phi) is 5.20. The van der Waals surface area contributed by atoms with E-state index in [1.54, 1.807) is 56.3 Å². The van der Waals surface area contributed by atoms with Gasteiger partial charge in [0.25, 0.3) is 5.91 Å². The minimum absolute atomic E-state index is 0.128. The lowest BCUT2D eigenvalue weighted by molar-refractivity contribution is -0.114. The molecule has 0 unspecified atom stereocenters. The number of ether oxygens (including phenoxy) is 1. The quantitative estimate of drug-likeness (QED) is 0.754. The molecule has 0 fully saturated rings. The number of hydrazone groups is 1. The van der Waals surface area contributed by atoms with E-state index in [9.17, 15) is 9.90 Å². The van der Waals surface area contributed by atoms with E-state index < -0.39 is 0 Å². The number of nitrogens with zero attached hydrogens (tertiary/aromatic N) is 2. The fourth-order valence-electron chi connectivity index (χ4n) is 2.58. The van der Waals surface area contributed by atoms with Crippen LogP contribution in [0.5, 0.6) is 11.5 Å². The molecule has 1 aliphatic heterocycles. The predicted octanol–water partition coefficient (Wildman–Crippen LogP) is 4.90. The molecule has 26 heavy (non-hydrogen) atoms. The molecule has 2 aromatic rings. The van der Waals surface area contributed by atoms with Crippen molar-refractivity contribution in [2.75, 3.05) is 11.6 Å². The molecular weight excluding hydrogens is 375 g/mol. The number of carbonyl (C=O) groups is 1. The summed E-state index contributed by atoms with van der Waals surface area (Å²) >= 11 is 12.2. The molecular formula is C19H16Cl2N2O3. The first-order valence-electron chi connectivity index (χ1n) is 7.94. The van der Waals surface area contributed by atoms with Gasteiger partial charge >= 0.3 is 0 Å². The average Bonchev–Trinajstić information content (AvgIpc) is 2.88. The lowest BCUT2D eigenvalue weighted by Crippen LogP contribution is -2.21. The Hall–Kier alpha value is -2.50. The molecule has 7 heteroatoms. The van der Waals surface area contributed by atoms with Crippen molar-refractivity contribution in [2.24, 2.45) is 5.10 Å². The largest absolute Gasteiger partial charge is 0.503 e. The molecule has 0 radical (unpaired) electrons. The Morgan fingerprint density at radius 2 is 1.96 bits per heavy atom. The topological polar surface area (TPSA) is 62.1 Å². The molecule has 2 aromatic carbocycles. The molecule has 5 nitrogen and oxygen atoms in total. The summed E-state index contributed by atoms with van der Waals surface area (Å²) in [5.74, 6) is -0.163. The molecule has 134 valence electrons. The first kappa shape index (κ1) is 18.3. The van der Waals surface area contributed by atoms with E-state index >= 15 is 0 Å². The lowest BCUT2D eigenvalue weighted by Gasteiger charge is -2.13. The third-order valence-corrected chi connectivity index (χ3v) is 4.41. The van der Waals surface area contributed by atoms with Crippen molar-refractivity contribution >= 4 is 46.6 Å². The van der Waals surface area contributed by atoms with Crippen molar-refractivity contribution in [1.82, 2.24) is 0 Å². The van der Waals surface area contributed by atoms with Gasteiger partial charge in [-0.1, -0.05) is 35.3 Å². The van der Waals surface area contributed by atoms with Gasteiger partial charge in [-0.25, -0.2) is 0 Å². The maximum absolute atomic E-state index is 12.8. The van der Waals surface area contributed by atoms with Crippen LogP contribution in [0.3, 0.4) is 0 Å². The summed E-state index contributed by atoms with van der Waals surface area (Å²) in [4.78, 5) is 12.8. The molecule has 0 atom stereocenters. The number of halogens is 2. The second-order valence-corrected chi connectivity index (χ2v) is 6.41. The molecule has 1 amide bonds. The van der Waals surface area contributed by atoms with Gasteiger partial charge in [0.2, 0.25) is 0 Å². The van der Waals surface area contributed by atoms with Crippen molar-refractivity contribution in [3.05, 3.63) is 57.6 Å². The van der Waals surface area contributed by atoms with Crippen LogP contribution in [-0.4, -0.2) is 23.3 Å². The Balaban J connectivity index is 1.99. The van der Waals surface area contributed by atoms with E-state index in [4.69, 9.17) is 27.9 Å². The lowest BCUT2D eigenvalue weighted by atomic mass is 10.1. The van der Waals surface area contributed by atoms with Crippen LogP contribution in [0.25, 0.3) is 6.08 Å². The molecule has 0 aromatic heterocycles. The van der Waals surface area contributed by atoms with Crippen molar-refractivity contribution in [3.63, 3.8) is 0 Å². The molecule has 0 saturated heterocycles. The molecule has 3 rings (SSSR count). The first-order valence-corrected chi connectivity index (χ1v) is 8.69. The van der Waals surface area contributed by atoms with Gasteiger partial charge < -0.3 is 9.84 Å². The number of phenols is 1. The van der Waals surface area contributed by atoms with E-state index in [2.05, 4.69) is 5.10 Å². The van der Waals surface area contributed by atoms with Crippen molar-refractivity contribution in [3.8, 4) is 11.5 Å². The van der Waals surface area contributed by atoms with Gasteiger partial charge in [-0.2, -0.15) is 10.1 Å². The summed E-state index contributed by atoms with van der Waals surface area (Å²) in [7, 11) is 0. The standard InChI is InChI=1S/C19H16Cl2N2O3/c1-3-26-17-10-12(9-15(21)18(17)24)8-13-11(2)22-23(19(13)25)16-7-5-4-6-14(16)20/h4-10,24H,3H2,1-2H3. The highest BCUT2D eigenvalue weighted by molar-refractivity contribution is 6.37. The minimum atomic E-state index is -0.294. The fourth-order valence-corrected chi connectivity index (χ4v) is 3.02. The van der Waals surface area contributed by atoms with E-state index in [-0.39, 0.29) is 22.4 Å². The number of amides is 1. The maximum Gasteiger partial charge on any atom is 0.280 e. The summed E-state index contributed by atoms with van der Waals surface area (Å²) in [6, 6.07) is 10.2. The average molecular weight is 391 g/mol. The zero-order chi connectivity index (χ0) is 18.8. The van der Waals surface area contributed by atoms with Gasteiger partial charge in [0, 0.05) is 0 Å². The number of hydrogen-bond donors (Lipinski definition) is 1. The number of benzene rings is 2. The normalized spacial score (nSPS) is 15.5. The van der Waals surface area contributed by atoms with Crippen LogP contribution >= 0.6 is 23.2 Å². The number of para-hydroxylation sites is 1. The molecule has 0 aliphatic carbocycles. The first-order chi connectivity index (χ1) is 12.4. The fraction of sp³-hybridized carbons (Fsp3) is 0.158. The van der Waals surface area contributed by atoms with Crippen molar-refractivity contribution in [2.45, 2.75) is 13.8 Å². The summed E-state index contributed by atoms with van der Waals surface area (Å²) in [6.07, 6.45) is 1.66. The molecule has 1 N–H and O–H groups in total. The van der Waals surface area contributed by atoms with E-state index in [1.165, 1.54) is 5.01 Å². The van der Waals surface area contributed by atoms with Crippen LogP contribution in [0.1, 0.15) is 19.4 Å². The Morgan fingerprint density at radius 3 is 2.65 bits per heavy atom. The number of phenolic OH excluding ortho intramolecular Hbond substituents is 1. The van der Waals surface area contributed by atoms with Crippen molar-refractivity contribution in [1.29, 1.82) is 0 Å². The minimum Gasteiger partial charge on any atom is -0.503 e. The number of hydrogen-bond acceptors (Lipinski definition) is 4. The van der Waals surface area contributed by atoms with Crippen LogP contribution in [0.4, 0.5) is 5.69 Å². The molecule has 0 spiro atoms. The molecule has 0 bridgehead atoms. The van der Waals surface area contributed by atoms with Crippen LogP contribution in [0.2, 0.25) is 10.0 Å². The van der Waals surface area contributed by atoms with Crippen LogP contribution in [0.15, 0.2) is 47.1 Å². The summed E-state index contributed by atoms with van der Waals surface area (Å²) in [5.41, 5.74) is 2.10. The highest BCUT2D eigenvalue weighted by atomic mass is 35.5. The number of anilines is 1. The second-order valence-electron chi connectivity index (χ2n) is 5.59. The van der Waals surface area contributed by atoms with Crippen molar-refractivity contribution < 1.29 is 14.6 Å². The third kappa shape index (κ3) is 3.41. The number of aromatic hydroxyl groups is 1. The van der Waals surface area contributed by atoms with Gasteiger partial charge in [0.05, 0.1) is 33.6 Å². The van der Waals surface area contributed by atoms with E-state index in [1.807, 2.05) is 0 Å². The zero-order valence-electron chi connectivity index (χ0n) is 14.2. The van der Waals surface area contributed by atoms with Crippen LogP contribution in [0, 0.1) is 0 Å². The number of carbonyl (C=O) groups excluding carboxylic acids is 1. The van der Waals surface area contributed by atoms with E-state index in [0.29, 0.717) is 34.2 Å². The van der Waals surface area contributed by atoms with Gasteiger partial charge in [-0.3, -0.25) is 4.79 Å². The van der Waals surface area contributed by atoms with Crippen LogP contribution in [-0.2, 0) is 4.79 Å². The number of rotatable bonds is 4. The van der Waals surface area contributed by atoms with Gasteiger partial charge in [0.15, 0.2) is 11.5 Å². The molecule has 0 saturated carbocycles. The molecule has 1 aliphatic rings. The van der Waals surface area contributed by atoms with Gasteiger partial charge in [-0.05, 0) is 49.8 Å². The third-order valence-electron chi connectivity index (χ3n) is 3.80.